The molecule has 1 amide bonds. The average Bonchev–Trinajstić information content (AvgIpc) is 3.52. The van der Waals surface area contributed by atoms with Gasteiger partial charge in [-0.05, 0) is 47.7 Å². The maximum atomic E-state index is 15.6. The first-order chi connectivity index (χ1) is 21.2. The zero-order chi connectivity index (χ0) is 34.8. The number of nitrogens with one attached hydrogen (secondary N) is 3. The van der Waals surface area contributed by atoms with Crippen molar-refractivity contribution in [3.8, 4) is 6.07 Å². The van der Waals surface area contributed by atoms with Gasteiger partial charge in [-0.3, -0.25) is 4.79 Å². The smallest absolute Gasteiger partial charge is 0.477 e. The van der Waals surface area contributed by atoms with Gasteiger partial charge in [0.25, 0.3) is 0 Å². The Bertz CT molecular complexity index is 1680. The minimum Gasteiger partial charge on any atom is -0.477 e. The summed E-state index contributed by atoms with van der Waals surface area (Å²) in [6.07, 6.45) is -4.77. The number of H-pyrrole nitrogens is 1. The second-order valence-electron chi connectivity index (χ2n) is 11.6. The van der Waals surface area contributed by atoms with Crippen LogP contribution in [0.2, 0.25) is 10.0 Å². The van der Waals surface area contributed by atoms with Crippen LogP contribution in [0.3, 0.4) is 0 Å². The fourth-order valence-corrected chi connectivity index (χ4v) is 5.70. The van der Waals surface area contributed by atoms with E-state index in [1.807, 2.05) is 20.8 Å². The van der Waals surface area contributed by atoms with Crippen LogP contribution in [0.1, 0.15) is 54.7 Å². The number of nitriles is 1. The van der Waals surface area contributed by atoms with Crippen molar-refractivity contribution in [1.29, 1.82) is 5.26 Å². The van der Waals surface area contributed by atoms with Crippen LogP contribution in [0.5, 0.6) is 0 Å². The topological polar surface area (TPSA) is 155 Å². The number of aromatic amines is 1. The Morgan fingerprint density at radius 1 is 1.04 bits per heavy atom. The number of aromatic nitrogens is 1. The molecular weight excluding hydrogens is 662 g/mol. The molecule has 1 fully saturated rings. The maximum Gasteiger partial charge on any atom is 0.490 e. The van der Waals surface area contributed by atoms with E-state index in [1.54, 1.807) is 0 Å². The number of carboxylic acids is 2. The Balaban J connectivity index is 0.000000738. The lowest BCUT2D eigenvalue weighted by Gasteiger charge is -2.37. The number of nitrogens with zero attached hydrogens (tertiary/aromatic N) is 1. The molecule has 16 heteroatoms. The molecule has 4 rings (SSSR count). The third kappa shape index (κ3) is 7.78. The summed E-state index contributed by atoms with van der Waals surface area (Å²) in [5.74, 6) is -7.41. The first-order valence-corrected chi connectivity index (χ1v) is 14.1. The highest BCUT2D eigenvalue weighted by Crippen LogP contribution is 2.52. The molecule has 5 N–H and O–H groups in total. The molecule has 0 radical (unpaired) electrons. The predicted molar refractivity (Wildman–Crippen MR) is 158 cm³/mol. The molecule has 46 heavy (non-hydrogen) atoms. The van der Waals surface area contributed by atoms with Crippen molar-refractivity contribution in [1.82, 2.24) is 10.3 Å². The highest BCUT2D eigenvalue weighted by atomic mass is 35.5. The first-order valence-electron chi connectivity index (χ1n) is 13.3. The van der Waals surface area contributed by atoms with E-state index in [-0.39, 0.29) is 38.1 Å². The van der Waals surface area contributed by atoms with Gasteiger partial charge >= 0.3 is 18.1 Å². The number of rotatable bonds is 6. The van der Waals surface area contributed by atoms with E-state index in [0.717, 1.165) is 6.07 Å². The third-order valence-electron chi connectivity index (χ3n) is 7.15. The summed E-state index contributed by atoms with van der Waals surface area (Å²) >= 11 is 12.2. The summed E-state index contributed by atoms with van der Waals surface area (Å²) in [6.45, 7) is 5.80. The van der Waals surface area contributed by atoms with Crippen LogP contribution in [0, 0.1) is 28.4 Å². The van der Waals surface area contributed by atoms with Crippen LogP contribution >= 0.6 is 23.2 Å². The molecular formula is C30H27Cl2F5N4O5. The van der Waals surface area contributed by atoms with Gasteiger partial charge < -0.3 is 25.8 Å². The van der Waals surface area contributed by atoms with E-state index in [4.69, 9.17) is 33.1 Å². The summed E-state index contributed by atoms with van der Waals surface area (Å²) in [6, 6.07) is 11.0. The van der Waals surface area contributed by atoms with E-state index in [0.29, 0.717) is 6.42 Å². The summed E-state index contributed by atoms with van der Waals surface area (Å²) in [4.78, 5) is 36.5. The summed E-state index contributed by atoms with van der Waals surface area (Å²) < 4.78 is 63.0. The molecule has 1 aromatic heterocycles. The summed E-state index contributed by atoms with van der Waals surface area (Å²) in [5, 5.41) is 32.9. The van der Waals surface area contributed by atoms with E-state index >= 15 is 8.78 Å². The monoisotopic (exact) mass is 688 g/mol. The Hall–Kier alpha value is -4.19. The van der Waals surface area contributed by atoms with Crippen LogP contribution in [0.25, 0.3) is 0 Å². The number of hydrogen-bond acceptors (Lipinski definition) is 5. The lowest BCUT2D eigenvalue weighted by Crippen LogP contribution is -2.45. The van der Waals surface area contributed by atoms with E-state index in [2.05, 4.69) is 21.7 Å². The molecule has 2 heterocycles. The second kappa shape index (κ2) is 13.7. The molecule has 0 aliphatic carbocycles. The first kappa shape index (κ1) is 36.3. The molecule has 3 aromatic rings. The van der Waals surface area contributed by atoms with Crippen LogP contribution in [-0.4, -0.2) is 51.3 Å². The summed E-state index contributed by atoms with van der Waals surface area (Å²) in [5.41, 5.74) is -2.38. The van der Waals surface area contributed by atoms with Crippen molar-refractivity contribution in [2.75, 3.05) is 5.32 Å². The number of alkyl halides is 3. The van der Waals surface area contributed by atoms with Crippen molar-refractivity contribution in [3.63, 3.8) is 0 Å². The number of carboxylic acid groups (broad SMARTS) is 2. The molecule has 2 aromatic carbocycles. The molecule has 0 unspecified atom stereocenters. The van der Waals surface area contributed by atoms with Gasteiger partial charge in [-0.2, -0.15) is 18.4 Å². The van der Waals surface area contributed by atoms with Gasteiger partial charge in [0.15, 0.2) is 0 Å². The number of carbonyl (C=O) groups is 3. The molecule has 1 aliphatic rings. The van der Waals surface area contributed by atoms with E-state index in [1.165, 1.54) is 42.5 Å². The normalized spacial score (nSPS) is 21.1. The van der Waals surface area contributed by atoms with Gasteiger partial charge in [0, 0.05) is 22.5 Å². The molecule has 4 atom stereocenters. The van der Waals surface area contributed by atoms with Crippen LogP contribution in [0.15, 0.2) is 48.5 Å². The number of amides is 1. The third-order valence-corrected chi connectivity index (χ3v) is 7.68. The van der Waals surface area contributed by atoms with Gasteiger partial charge in [0.05, 0.1) is 17.1 Å². The van der Waals surface area contributed by atoms with Crippen molar-refractivity contribution in [2.24, 2.45) is 5.41 Å². The van der Waals surface area contributed by atoms with E-state index in [9.17, 15) is 33.1 Å². The highest BCUT2D eigenvalue weighted by Gasteiger charge is 2.61. The molecule has 0 saturated carbocycles. The van der Waals surface area contributed by atoms with Crippen LogP contribution in [-0.2, 0) is 15.0 Å². The molecule has 1 aliphatic heterocycles. The number of aliphatic carboxylic acids is 1. The maximum absolute atomic E-state index is 15.6. The number of carbonyl (C=O) groups excluding carboxylic acids is 1. The van der Waals surface area contributed by atoms with Crippen LogP contribution in [0.4, 0.5) is 27.8 Å². The fourth-order valence-electron chi connectivity index (χ4n) is 5.36. The van der Waals surface area contributed by atoms with Crippen molar-refractivity contribution < 1.29 is 46.5 Å². The van der Waals surface area contributed by atoms with Gasteiger partial charge in [0.2, 0.25) is 5.91 Å². The Morgan fingerprint density at radius 2 is 1.67 bits per heavy atom. The largest absolute Gasteiger partial charge is 0.490 e. The number of hydrogen-bond donors (Lipinski definition) is 5. The Kier molecular flexibility index (Phi) is 10.8. The minimum absolute atomic E-state index is 0.0381. The molecule has 1 saturated heterocycles. The fraction of sp³-hybridized carbons (Fsp3) is 0.333. The number of anilines is 1. The Morgan fingerprint density at radius 3 is 2.17 bits per heavy atom. The standard InChI is InChI=1S/C28H26Cl2F2N4O3.C2HF3O2/c1-27(2,3)12-20-28(13-33,16-8-7-14(29)11-18(16)31)22(15-5-4-6-17(30)23(15)32)24(35-20)25(37)36-21-10-9-19(34-21)26(38)39;3-2(4,5)1(6)7/h4-11,20,22,24,34-35H,12H2,1-3H3,(H,36,37)(H,38,39);(H,6,7)/t20-,22-,24+,28-;/m0./s1. The van der Waals surface area contributed by atoms with Gasteiger partial charge in [-0.1, -0.05) is 62.2 Å². The van der Waals surface area contributed by atoms with Crippen molar-refractivity contribution in [2.45, 2.75) is 56.8 Å². The average molecular weight is 689 g/mol. The minimum atomic E-state index is -5.08. The number of halogens is 7. The Labute approximate surface area is 269 Å². The molecule has 0 spiro atoms. The highest BCUT2D eigenvalue weighted by molar-refractivity contribution is 6.31. The SMILES string of the molecule is CC(C)(C)C[C@@H]1N[C@@H](C(=O)Nc2ccc(C(=O)O)[nH]2)[C@H](c2cccc(Cl)c2F)[C@@]1(C#N)c1ccc(Cl)cc1F.O=C(O)C(F)(F)F. The zero-order valence-electron chi connectivity index (χ0n) is 24.3. The molecule has 246 valence electrons. The number of benzene rings is 2. The lowest BCUT2D eigenvalue weighted by molar-refractivity contribution is -0.192. The van der Waals surface area contributed by atoms with Gasteiger partial charge in [-0.25, -0.2) is 18.4 Å². The van der Waals surface area contributed by atoms with Gasteiger partial charge in [-0.15, -0.1) is 0 Å². The van der Waals surface area contributed by atoms with Gasteiger partial charge in [0.1, 0.15) is 28.6 Å². The second-order valence-corrected chi connectivity index (χ2v) is 12.4. The van der Waals surface area contributed by atoms with Crippen molar-refractivity contribution >= 4 is 46.9 Å². The number of aromatic carboxylic acids is 1. The quantitative estimate of drug-likeness (QED) is 0.177. The van der Waals surface area contributed by atoms with E-state index < -0.39 is 59.1 Å². The molecule has 0 bridgehead atoms. The van der Waals surface area contributed by atoms with Crippen molar-refractivity contribution in [3.05, 3.63) is 87.0 Å². The zero-order valence-corrected chi connectivity index (χ0v) is 25.8. The lowest BCUT2D eigenvalue weighted by atomic mass is 9.62. The van der Waals surface area contributed by atoms with Crippen LogP contribution < -0.4 is 10.6 Å². The summed E-state index contributed by atoms with van der Waals surface area (Å²) in [7, 11) is 0. The molecule has 9 nitrogen and oxygen atoms in total. The predicted octanol–water partition coefficient (Wildman–Crippen LogP) is 6.89.